The lowest BCUT2D eigenvalue weighted by Crippen LogP contribution is -2.01. The summed E-state index contributed by atoms with van der Waals surface area (Å²) in [4.78, 5) is 11.4. The van der Waals surface area contributed by atoms with Crippen LogP contribution in [0.1, 0.15) is 17.3 Å². The third-order valence-corrected chi connectivity index (χ3v) is 2.92. The molecule has 0 saturated carbocycles. The molecule has 0 aliphatic heterocycles. The van der Waals surface area contributed by atoms with Crippen LogP contribution in [0.2, 0.25) is 5.02 Å². The predicted octanol–water partition coefficient (Wildman–Crippen LogP) is 3.87. The summed E-state index contributed by atoms with van der Waals surface area (Å²) in [5.41, 5.74) is 8.29. The Morgan fingerprint density at radius 1 is 1.22 bits per heavy atom. The number of ketones is 1. The van der Waals surface area contributed by atoms with Gasteiger partial charge in [0.2, 0.25) is 0 Å². The first-order valence-corrected chi connectivity index (χ1v) is 5.88. The maximum Gasteiger partial charge on any atom is 0.161 e. The molecule has 0 unspecified atom stereocenters. The normalized spacial score (nSPS) is 10.1. The maximum atomic E-state index is 11.4. The van der Waals surface area contributed by atoms with Gasteiger partial charge < -0.3 is 11.1 Å². The number of hydrogen-bond acceptors (Lipinski definition) is 3. The van der Waals surface area contributed by atoms with Crippen LogP contribution in [0, 0.1) is 0 Å². The third-order valence-electron chi connectivity index (χ3n) is 2.59. The highest BCUT2D eigenvalue weighted by atomic mass is 35.5. The molecular weight excluding hydrogens is 248 g/mol. The number of carbonyl (C=O) groups is 1. The van der Waals surface area contributed by atoms with Crippen molar-refractivity contribution in [2.45, 2.75) is 6.92 Å². The van der Waals surface area contributed by atoms with Crippen LogP contribution in [0.15, 0.2) is 42.5 Å². The molecule has 92 valence electrons. The lowest BCUT2D eigenvalue weighted by Gasteiger charge is -2.10. The Morgan fingerprint density at radius 3 is 2.61 bits per heavy atom. The van der Waals surface area contributed by atoms with Gasteiger partial charge >= 0.3 is 0 Å². The highest BCUT2D eigenvalue weighted by Gasteiger charge is 2.06. The first kappa shape index (κ1) is 12.5. The first-order chi connectivity index (χ1) is 8.58. The first-order valence-electron chi connectivity index (χ1n) is 5.50. The van der Waals surface area contributed by atoms with Gasteiger partial charge in [-0.3, -0.25) is 4.79 Å². The number of benzene rings is 2. The van der Waals surface area contributed by atoms with E-state index in [1.54, 1.807) is 18.2 Å². The standard InChI is InChI=1S/C14H13ClN2O/c1-9(18)11-8-10(6-7-13(11)16)17-14-5-3-2-4-12(14)15/h2-8,17H,16H2,1H3. The summed E-state index contributed by atoms with van der Waals surface area (Å²) in [6, 6.07) is 12.6. The molecule has 2 rings (SSSR count). The molecule has 0 aliphatic rings. The number of anilines is 3. The van der Waals surface area contributed by atoms with Crippen molar-refractivity contribution in [3.63, 3.8) is 0 Å². The van der Waals surface area contributed by atoms with Gasteiger partial charge in [-0.2, -0.15) is 0 Å². The van der Waals surface area contributed by atoms with E-state index in [1.807, 2.05) is 24.3 Å². The molecule has 0 spiro atoms. The van der Waals surface area contributed by atoms with Crippen molar-refractivity contribution in [3.8, 4) is 0 Å². The lowest BCUT2D eigenvalue weighted by molar-refractivity contribution is 0.101. The number of hydrogen-bond donors (Lipinski definition) is 2. The molecule has 0 radical (unpaired) electrons. The molecule has 0 atom stereocenters. The van der Waals surface area contributed by atoms with E-state index in [1.165, 1.54) is 6.92 Å². The van der Waals surface area contributed by atoms with E-state index in [0.717, 1.165) is 11.4 Å². The second-order valence-corrected chi connectivity index (χ2v) is 4.37. The van der Waals surface area contributed by atoms with Crippen molar-refractivity contribution in [1.29, 1.82) is 0 Å². The van der Waals surface area contributed by atoms with Crippen molar-refractivity contribution >= 4 is 34.4 Å². The summed E-state index contributed by atoms with van der Waals surface area (Å²) in [6.45, 7) is 1.49. The largest absolute Gasteiger partial charge is 0.398 e. The van der Waals surface area contributed by atoms with Crippen LogP contribution in [0.4, 0.5) is 17.1 Å². The van der Waals surface area contributed by atoms with E-state index in [9.17, 15) is 4.79 Å². The molecule has 0 aromatic heterocycles. The highest BCUT2D eigenvalue weighted by molar-refractivity contribution is 6.33. The third kappa shape index (κ3) is 2.63. The molecule has 0 amide bonds. The number of halogens is 1. The van der Waals surface area contributed by atoms with Crippen molar-refractivity contribution < 1.29 is 4.79 Å². The number of Topliss-reactive ketones (excluding diaryl/α,β-unsaturated/α-hetero) is 1. The van der Waals surface area contributed by atoms with E-state index < -0.39 is 0 Å². The molecule has 2 aromatic rings. The van der Waals surface area contributed by atoms with E-state index in [4.69, 9.17) is 17.3 Å². The van der Waals surface area contributed by atoms with Gasteiger partial charge in [-0.05, 0) is 37.3 Å². The highest BCUT2D eigenvalue weighted by Crippen LogP contribution is 2.26. The van der Waals surface area contributed by atoms with Gasteiger partial charge in [-0.25, -0.2) is 0 Å². The fourth-order valence-corrected chi connectivity index (χ4v) is 1.84. The number of para-hydroxylation sites is 1. The molecule has 0 aliphatic carbocycles. The minimum absolute atomic E-state index is 0.0599. The number of carbonyl (C=O) groups excluding carboxylic acids is 1. The van der Waals surface area contributed by atoms with Crippen molar-refractivity contribution in [2.24, 2.45) is 0 Å². The average Bonchev–Trinajstić information content (AvgIpc) is 2.34. The number of rotatable bonds is 3. The van der Waals surface area contributed by atoms with Crippen LogP contribution in [-0.4, -0.2) is 5.78 Å². The van der Waals surface area contributed by atoms with E-state index in [0.29, 0.717) is 16.3 Å². The molecule has 2 aromatic carbocycles. The Morgan fingerprint density at radius 2 is 1.94 bits per heavy atom. The molecule has 4 heteroatoms. The Bertz CT molecular complexity index is 596. The molecule has 0 bridgehead atoms. The molecule has 0 heterocycles. The summed E-state index contributed by atoms with van der Waals surface area (Å²) < 4.78 is 0. The smallest absolute Gasteiger partial charge is 0.161 e. The quantitative estimate of drug-likeness (QED) is 0.651. The fraction of sp³-hybridized carbons (Fsp3) is 0.0714. The van der Waals surface area contributed by atoms with Crippen molar-refractivity contribution in [3.05, 3.63) is 53.1 Å². The zero-order chi connectivity index (χ0) is 13.1. The second kappa shape index (κ2) is 5.10. The molecular formula is C14H13ClN2O. The van der Waals surface area contributed by atoms with Gasteiger partial charge in [0.15, 0.2) is 5.78 Å². The van der Waals surface area contributed by atoms with Gasteiger partial charge in [0, 0.05) is 16.9 Å². The average molecular weight is 261 g/mol. The summed E-state index contributed by atoms with van der Waals surface area (Å²) >= 11 is 6.05. The Labute approximate surface area is 111 Å². The monoisotopic (exact) mass is 260 g/mol. The number of nitrogen functional groups attached to an aromatic ring is 1. The molecule has 3 nitrogen and oxygen atoms in total. The minimum atomic E-state index is -0.0599. The van der Waals surface area contributed by atoms with Gasteiger partial charge in [-0.15, -0.1) is 0 Å². The molecule has 0 fully saturated rings. The van der Waals surface area contributed by atoms with Crippen LogP contribution in [0.25, 0.3) is 0 Å². The molecule has 18 heavy (non-hydrogen) atoms. The Balaban J connectivity index is 2.33. The van der Waals surface area contributed by atoms with Crippen LogP contribution >= 0.6 is 11.6 Å². The topological polar surface area (TPSA) is 55.1 Å². The zero-order valence-electron chi connectivity index (χ0n) is 9.91. The lowest BCUT2D eigenvalue weighted by atomic mass is 10.1. The van der Waals surface area contributed by atoms with Crippen LogP contribution in [0.5, 0.6) is 0 Å². The molecule has 0 saturated heterocycles. The van der Waals surface area contributed by atoms with Crippen molar-refractivity contribution in [2.75, 3.05) is 11.1 Å². The Kier molecular flexibility index (Phi) is 3.53. The van der Waals surface area contributed by atoms with E-state index >= 15 is 0 Å². The maximum absolute atomic E-state index is 11.4. The minimum Gasteiger partial charge on any atom is -0.398 e. The fourth-order valence-electron chi connectivity index (χ4n) is 1.66. The summed E-state index contributed by atoms with van der Waals surface area (Å²) in [5, 5.41) is 3.78. The van der Waals surface area contributed by atoms with Gasteiger partial charge in [0.05, 0.1) is 10.7 Å². The van der Waals surface area contributed by atoms with Gasteiger partial charge in [0.1, 0.15) is 0 Å². The second-order valence-electron chi connectivity index (χ2n) is 3.96. The van der Waals surface area contributed by atoms with E-state index in [2.05, 4.69) is 5.32 Å². The SMILES string of the molecule is CC(=O)c1cc(Nc2ccccc2Cl)ccc1N. The Hall–Kier alpha value is -2.00. The summed E-state index contributed by atoms with van der Waals surface area (Å²) in [7, 11) is 0. The summed E-state index contributed by atoms with van der Waals surface area (Å²) in [6.07, 6.45) is 0. The van der Waals surface area contributed by atoms with Crippen molar-refractivity contribution in [1.82, 2.24) is 0 Å². The van der Waals surface area contributed by atoms with E-state index in [-0.39, 0.29) is 5.78 Å². The van der Waals surface area contributed by atoms with Gasteiger partial charge in [0.25, 0.3) is 0 Å². The predicted molar refractivity (Wildman–Crippen MR) is 75.6 cm³/mol. The zero-order valence-corrected chi connectivity index (χ0v) is 10.7. The summed E-state index contributed by atoms with van der Waals surface area (Å²) in [5.74, 6) is -0.0599. The number of nitrogens with one attached hydrogen (secondary N) is 1. The van der Waals surface area contributed by atoms with Crippen LogP contribution in [-0.2, 0) is 0 Å². The van der Waals surface area contributed by atoms with Crippen LogP contribution < -0.4 is 11.1 Å². The molecule has 3 N–H and O–H groups in total. The van der Waals surface area contributed by atoms with Crippen LogP contribution in [0.3, 0.4) is 0 Å². The number of nitrogens with two attached hydrogens (primary N) is 1. The van der Waals surface area contributed by atoms with Gasteiger partial charge in [-0.1, -0.05) is 23.7 Å².